The quantitative estimate of drug-likeness (QED) is 0.449. The van der Waals surface area contributed by atoms with Gasteiger partial charge in [-0.3, -0.25) is 9.69 Å². The molecular formula is C25H32N6O5S. The molecule has 198 valence electrons. The minimum Gasteiger partial charge on any atom is -0.497 e. The molecule has 3 aromatic rings. The van der Waals surface area contributed by atoms with Crippen LogP contribution < -0.4 is 4.74 Å². The van der Waals surface area contributed by atoms with Gasteiger partial charge in [-0.2, -0.15) is 4.31 Å². The summed E-state index contributed by atoms with van der Waals surface area (Å²) < 4.78 is 39.8. The average molecular weight is 529 g/mol. The molecule has 1 amide bonds. The van der Waals surface area contributed by atoms with Crippen LogP contribution in [0.4, 0.5) is 0 Å². The number of hydrogen-bond acceptors (Lipinski definition) is 8. The predicted molar refractivity (Wildman–Crippen MR) is 134 cm³/mol. The first-order valence-corrected chi connectivity index (χ1v) is 13.8. The lowest BCUT2D eigenvalue weighted by Gasteiger charge is -2.34. The molecule has 0 bridgehead atoms. The molecule has 1 aliphatic carbocycles. The molecule has 1 aromatic carbocycles. The standard InChI is InChI=1S/C25H32N6O5S/c1-17-10-21(35-3)11-18(2)24(17)37(33,34)31(20-4-5-20)14-23-28-22(15-36-23)25(32)30-8-6-29(7-9-30)13-19-12-26-16-27-19/h10-12,15-16,20H,4-9,13-14H2,1-3H3,(H,26,27). The number of sulfonamides is 1. The second-order valence-electron chi connectivity index (χ2n) is 9.64. The number of H-pyrrole nitrogens is 1. The third kappa shape index (κ3) is 5.41. The summed E-state index contributed by atoms with van der Waals surface area (Å²) in [5, 5.41) is 0. The van der Waals surface area contributed by atoms with E-state index >= 15 is 0 Å². The Balaban J connectivity index is 1.27. The molecule has 0 atom stereocenters. The Labute approximate surface area is 216 Å². The first-order valence-electron chi connectivity index (χ1n) is 12.4. The van der Waals surface area contributed by atoms with Gasteiger partial charge in [0, 0.05) is 50.7 Å². The van der Waals surface area contributed by atoms with E-state index in [1.54, 1.807) is 50.5 Å². The summed E-state index contributed by atoms with van der Waals surface area (Å²) >= 11 is 0. The van der Waals surface area contributed by atoms with E-state index in [1.165, 1.54) is 10.6 Å². The zero-order valence-electron chi connectivity index (χ0n) is 21.3. The van der Waals surface area contributed by atoms with Crippen LogP contribution in [-0.4, -0.2) is 82.7 Å². The molecule has 2 aliphatic rings. The summed E-state index contributed by atoms with van der Waals surface area (Å²) in [5.41, 5.74) is 2.48. The SMILES string of the molecule is COc1cc(C)c(S(=O)(=O)N(Cc2nc(C(=O)N3CCN(Cc4cnc[nH]4)CC3)co2)C2CC2)c(C)c1. The number of nitrogens with zero attached hydrogens (tertiary/aromatic N) is 5. The number of benzene rings is 1. The molecular weight excluding hydrogens is 496 g/mol. The molecule has 1 N–H and O–H groups in total. The number of imidazole rings is 1. The normalized spacial score (nSPS) is 16.9. The van der Waals surface area contributed by atoms with Crippen molar-refractivity contribution in [2.24, 2.45) is 0 Å². The molecule has 0 unspecified atom stereocenters. The van der Waals surface area contributed by atoms with Crippen molar-refractivity contribution in [1.29, 1.82) is 0 Å². The van der Waals surface area contributed by atoms with E-state index in [2.05, 4.69) is 19.9 Å². The lowest BCUT2D eigenvalue weighted by molar-refractivity contribution is 0.0621. The van der Waals surface area contributed by atoms with E-state index in [9.17, 15) is 13.2 Å². The van der Waals surface area contributed by atoms with Crippen molar-refractivity contribution in [3.8, 4) is 5.75 Å². The van der Waals surface area contributed by atoms with Crippen molar-refractivity contribution in [2.45, 2.75) is 50.7 Å². The largest absolute Gasteiger partial charge is 0.497 e. The van der Waals surface area contributed by atoms with Gasteiger partial charge in [-0.15, -0.1) is 0 Å². The smallest absolute Gasteiger partial charge is 0.275 e. The fourth-order valence-electron chi connectivity index (χ4n) is 4.82. The number of aromatic amines is 1. The van der Waals surface area contributed by atoms with Crippen LogP contribution >= 0.6 is 0 Å². The zero-order valence-corrected chi connectivity index (χ0v) is 22.1. The highest BCUT2D eigenvalue weighted by atomic mass is 32.2. The van der Waals surface area contributed by atoms with Crippen LogP contribution in [-0.2, 0) is 23.1 Å². The lowest BCUT2D eigenvalue weighted by atomic mass is 10.1. The van der Waals surface area contributed by atoms with Crippen molar-refractivity contribution in [1.82, 2.24) is 29.1 Å². The maximum atomic E-state index is 13.7. The Morgan fingerprint density at radius 2 is 1.89 bits per heavy atom. The van der Waals surface area contributed by atoms with Gasteiger partial charge >= 0.3 is 0 Å². The van der Waals surface area contributed by atoms with Gasteiger partial charge in [0.2, 0.25) is 15.9 Å². The Morgan fingerprint density at radius 1 is 1.19 bits per heavy atom. The van der Waals surface area contributed by atoms with Gasteiger partial charge in [0.1, 0.15) is 12.0 Å². The van der Waals surface area contributed by atoms with E-state index in [4.69, 9.17) is 9.15 Å². The molecule has 11 nitrogen and oxygen atoms in total. The maximum Gasteiger partial charge on any atom is 0.275 e. The number of piperazine rings is 1. The third-order valence-electron chi connectivity index (χ3n) is 6.86. The van der Waals surface area contributed by atoms with E-state index in [-0.39, 0.29) is 35.0 Å². The summed E-state index contributed by atoms with van der Waals surface area (Å²) in [7, 11) is -2.25. The van der Waals surface area contributed by atoms with Gasteiger partial charge in [-0.25, -0.2) is 18.4 Å². The maximum absolute atomic E-state index is 13.7. The molecule has 2 fully saturated rings. The number of oxazole rings is 1. The van der Waals surface area contributed by atoms with Crippen LogP contribution in [0, 0.1) is 13.8 Å². The first-order chi connectivity index (χ1) is 17.8. The summed E-state index contributed by atoms with van der Waals surface area (Å²) in [6, 6.07) is 3.34. The van der Waals surface area contributed by atoms with Crippen LogP contribution in [0.25, 0.3) is 0 Å². The molecule has 0 spiro atoms. The summed E-state index contributed by atoms with van der Waals surface area (Å²) in [6.45, 7) is 6.90. The number of aromatic nitrogens is 3. The number of nitrogens with one attached hydrogen (secondary N) is 1. The number of amides is 1. The van der Waals surface area contributed by atoms with E-state index in [1.807, 2.05) is 0 Å². The average Bonchev–Trinajstić information content (AvgIpc) is 3.36. The van der Waals surface area contributed by atoms with Crippen molar-refractivity contribution < 1.29 is 22.4 Å². The highest BCUT2D eigenvalue weighted by Crippen LogP contribution is 2.36. The van der Waals surface area contributed by atoms with Gasteiger partial charge in [0.05, 0.1) is 24.9 Å². The van der Waals surface area contributed by atoms with E-state index in [0.29, 0.717) is 30.0 Å². The number of aryl methyl sites for hydroxylation is 2. The third-order valence-corrected chi connectivity index (χ3v) is 9.07. The van der Waals surface area contributed by atoms with Crippen molar-refractivity contribution in [3.63, 3.8) is 0 Å². The molecule has 1 aliphatic heterocycles. The number of carbonyl (C=O) groups excluding carboxylic acids is 1. The molecule has 5 rings (SSSR count). The Morgan fingerprint density at radius 3 is 2.49 bits per heavy atom. The Bertz CT molecular complexity index is 1330. The second-order valence-corrected chi connectivity index (χ2v) is 11.5. The van der Waals surface area contributed by atoms with Gasteiger partial charge in [0.25, 0.3) is 5.91 Å². The number of methoxy groups -OCH3 is 1. The van der Waals surface area contributed by atoms with Crippen molar-refractivity contribution >= 4 is 15.9 Å². The van der Waals surface area contributed by atoms with Gasteiger partial charge in [-0.1, -0.05) is 0 Å². The molecule has 3 heterocycles. The fraction of sp³-hybridized carbons (Fsp3) is 0.480. The summed E-state index contributed by atoms with van der Waals surface area (Å²) in [6.07, 6.45) is 6.35. The van der Waals surface area contributed by atoms with Gasteiger partial charge in [0.15, 0.2) is 5.69 Å². The van der Waals surface area contributed by atoms with Crippen LogP contribution in [0.2, 0.25) is 0 Å². The molecule has 1 saturated carbocycles. The van der Waals surface area contributed by atoms with Gasteiger partial charge < -0.3 is 19.0 Å². The van der Waals surface area contributed by atoms with Gasteiger partial charge in [-0.05, 0) is 49.9 Å². The lowest BCUT2D eigenvalue weighted by Crippen LogP contribution is -2.48. The van der Waals surface area contributed by atoms with Crippen molar-refractivity contribution in [2.75, 3.05) is 33.3 Å². The van der Waals surface area contributed by atoms with Crippen LogP contribution in [0.15, 0.2) is 40.2 Å². The van der Waals surface area contributed by atoms with Crippen LogP contribution in [0.1, 0.15) is 46.0 Å². The highest BCUT2D eigenvalue weighted by Gasteiger charge is 2.40. The first kappa shape index (κ1) is 25.4. The van der Waals surface area contributed by atoms with E-state index in [0.717, 1.165) is 38.2 Å². The Hall–Kier alpha value is -3.22. The molecule has 0 radical (unpaired) electrons. The minimum absolute atomic E-state index is 0.0247. The molecule has 12 heteroatoms. The van der Waals surface area contributed by atoms with E-state index < -0.39 is 10.0 Å². The topological polar surface area (TPSA) is 125 Å². The number of hydrogen-bond donors (Lipinski definition) is 1. The second kappa shape index (κ2) is 10.3. The minimum atomic E-state index is -3.81. The highest BCUT2D eigenvalue weighted by molar-refractivity contribution is 7.89. The number of rotatable bonds is 9. The number of ether oxygens (including phenoxy) is 1. The zero-order chi connectivity index (χ0) is 26.2. The monoisotopic (exact) mass is 528 g/mol. The molecule has 37 heavy (non-hydrogen) atoms. The van der Waals surface area contributed by atoms with Crippen molar-refractivity contribution in [3.05, 3.63) is 59.3 Å². The summed E-state index contributed by atoms with van der Waals surface area (Å²) in [5.74, 6) is 0.615. The molecule has 2 aromatic heterocycles. The summed E-state index contributed by atoms with van der Waals surface area (Å²) in [4.78, 5) is 28.9. The predicted octanol–water partition coefficient (Wildman–Crippen LogP) is 2.33. The van der Waals surface area contributed by atoms with Crippen LogP contribution in [0.3, 0.4) is 0 Å². The van der Waals surface area contributed by atoms with Crippen LogP contribution in [0.5, 0.6) is 5.75 Å². The number of carbonyl (C=O) groups is 1. The molecule has 1 saturated heterocycles. The fourth-order valence-corrected chi connectivity index (χ4v) is 6.87. The Kier molecular flexibility index (Phi) is 7.06.